The predicted octanol–water partition coefficient (Wildman–Crippen LogP) is 2.54. The van der Waals surface area contributed by atoms with E-state index in [9.17, 15) is 0 Å². The highest BCUT2D eigenvalue weighted by molar-refractivity contribution is 6.28. The molecule has 16 heavy (non-hydrogen) atoms. The van der Waals surface area contributed by atoms with Crippen molar-refractivity contribution in [1.29, 1.82) is 0 Å². The predicted molar refractivity (Wildman–Crippen MR) is 64.7 cm³/mol. The van der Waals surface area contributed by atoms with Gasteiger partial charge in [0, 0.05) is 13.6 Å². The first-order valence-corrected chi connectivity index (χ1v) is 6.20. The van der Waals surface area contributed by atoms with Crippen molar-refractivity contribution >= 4 is 17.4 Å². The van der Waals surface area contributed by atoms with Gasteiger partial charge >= 0.3 is 0 Å². The van der Waals surface area contributed by atoms with E-state index >= 15 is 0 Å². The van der Waals surface area contributed by atoms with Gasteiger partial charge < -0.3 is 4.90 Å². The summed E-state index contributed by atoms with van der Waals surface area (Å²) in [5, 5.41) is 7.67. The summed E-state index contributed by atoms with van der Waals surface area (Å²) in [7, 11) is 2.04. The van der Waals surface area contributed by atoms with Crippen LogP contribution >= 0.6 is 11.6 Å². The first-order chi connectivity index (χ1) is 7.75. The van der Waals surface area contributed by atoms with Gasteiger partial charge in [-0.25, -0.2) is 0 Å². The summed E-state index contributed by atoms with van der Waals surface area (Å²) in [6, 6.07) is 0. The van der Waals surface area contributed by atoms with Crippen molar-refractivity contribution in [1.82, 2.24) is 15.2 Å². The third-order valence-corrected chi connectivity index (χ3v) is 3.33. The number of halogens is 1. The van der Waals surface area contributed by atoms with Gasteiger partial charge in [0.1, 0.15) is 0 Å². The SMILES string of the molecule is CN(CC1CCCCC1)c1cnnc(Cl)n1. The lowest BCUT2D eigenvalue weighted by Crippen LogP contribution is -2.27. The molecule has 0 aromatic carbocycles. The summed E-state index contributed by atoms with van der Waals surface area (Å²) < 4.78 is 0. The summed E-state index contributed by atoms with van der Waals surface area (Å²) in [6.45, 7) is 1.04. The Morgan fingerprint density at radius 1 is 1.38 bits per heavy atom. The zero-order valence-corrected chi connectivity index (χ0v) is 10.3. The molecule has 1 aliphatic rings. The maximum atomic E-state index is 5.72. The lowest BCUT2D eigenvalue weighted by atomic mass is 9.89. The summed E-state index contributed by atoms with van der Waals surface area (Å²) in [5.74, 6) is 1.60. The van der Waals surface area contributed by atoms with E-state index in [2.05, 4.69) is 20.1 Å². The van der Waals surface area contributed by atoms with Crippen molar-refractivity contribution in [3.05, 3.63) is 11.5 Å². The Morgan fingerprint density at radius 2 is 2.12 bits per heavy atom. The van der Waals surface area contributed by atoms with Gasteiger partial charge in [-0.3, -0.25) is 0 Å². The van der Waals surface area contributed by atoms with E-state index in [1.807, 2.05) is 7.05 Å². The maximum absolute atomic E-state index is 5.72. The first-order valence-electron chi connectivity index (χ1n) is 5.82. The van der Waals surface area contributed by atoms with E-state index < -0.39 is 0 Å². The molecule has 0 amide bonds. The molecule has 1 saturated carbocycles. The molecule has 1 fully saturated rings. The molecule has 1 aromatic rings. The van der Waals surface area contributed by atoms with E-state index in [1.54, 1.807) is 6.20 Å². The van der Waals surface area contributed by atoms with Crippen LogP contribution in [0.15, 0.2) is 6.20 Å². The van der Waals surface area contributed by atoms with E-state index in [1.165, 1.54) is 32.1 Å². The van der Waals surface area contributed by atoms with Gasteiger partial charge in [0.05, 0.1) is 6.20 Å². The smallest absolute Gasteiger partial charge is 0.244 e. The molecule has 0 atom stereocenters. The van der Waals surface area contributed by atoms with Crippen molar-refractivity contribution in [3.63, 3.8) is 0 Å². The van der Waals surface area contributed by atoms with Gasteiger partial charge in [-0.1, -0.05) is 19.3 Å². The number of hydrogen-bond acceptors (Lipinski definition) is 4. The molecule has 0 bridgehead atoms. The molecule has 0 aliphatic heterocycles. The monoisotopic (exact) mass is 240 g/mol. The van der Waals surface area contributed by atoms with Crippen molar-refractivity contribution in [2.75, 3.05) is 18.5 Å². The van der Waals surface area contributed by atoms with Gasteiger partial charge in [0.15, 0.2) is 5.82 Å². The Balaban J connectivity index is 1.94. The Labute approximate surface area is 101 Å². The van der Waals surface area contributed by atoms with Crippen LogP contribution in [-0.2, 0) is 0 Å². The normalized spacial score (nSPS) is 17.4. The van der Waals surface area contributed by atoms with Gasteiger partial charge in [-0.15, -0.1) is 5.10 Å². The summed E-state index contributed by atoms with van der Waals surface area (Å²) in [5.41, 5.74) is 0. The fraction of sp³-hybridized carbons (Fsp3) is 0.727. The number of aromatic nitrogens is 3. The largest absolute Gasteiger partial charge is 0.358 e. The van der Waals surface area contributed by atoms with E-state index in [0.29, 0.717) is 0 Å². The van der Waals surface area contributed by atoms with Crippen LogP contribution in [-0.4, -0.2) is 28.8 Å². The van der Waals surface area contributed by atoms with Crippen molar-refractivity contribution in [2.45, 2.75) is 32.1 Å². The zero-order valence-electron chi connectivity index (χ0n) is 9.56. The highest BCUT2D eigenvalue weighted by Gasteiger charge is 2.16. The van der Waals surface area contributed by atoms with E-state index in [0.717, 1.165) is 18.3 Å². The average molecular weight is 241 g/mol. The first kappa shape index (κ1) is 11.6. The summed E-state index contributed by atoms with van der Waals surface area (Å²) in [6.07, 6.45) is 8.44. The summed E-state index contributed by atoms with van der Waals surface area (Å²) in [4.78, 5) is 6.28. The topological polar surface area (TPSA) is 41.9 Å². The second-order valence-electron chi connectivity index (χ2n) is 4.47. The van der Waals surface area contributed by atoms with Crippen molar-refractivity contribution in [3.8, 4) is 0 Å². The molecule has 2 rings (SSSR count). The van der Waals surface area contributed by atoms with Crippen molar-refractivity contribution < 1.29 is 0 Å². The second-order valence-corrected chi connectivity index (χ2v) is 4.81. The molecular formula is C11H17ClN4. The molecule has 0 unspecified atom stereocenters. The Kier molecular flexibility index (Phi) is 3.93. The molecular weight excluding hydrogens is 224 g/mol. The third kappa shape index (κ3) is 3.04. The standard InChI is InChI=1S/C11H17ClN4/c1-16(8-9-5-3-2-4-6-9)10-7-13-15-11(12)14-10/h7,9H,2-6,8H2,1H3. The lowest BCUT2D eigenvalue weighted by Gasteiger charge is -2.27. The minimum Gasteiger partial charge on any atom is -0.358 e. The molecule has 1 heterocycles. The Hall–Kier alpha value is -0.900. The second kappa shape index (κ2) is 5.43. The van der Waals surface area contributed by atoms with E-state index in [-0.39, 0.29) is 5.28 Å². The van der Waals surface area contributed by atoms with Crippen LogP contribution < -0.4 is 4.90 Å². The number of nitrogens with zero attached hydrogens (tertiary/aromatic N) is 4. The molecule has 4 nitrogen and oxygen atoms in total. The van der Waals surface area contributed by atoms with Crippen LogP contribution in [0.5, 0.6) is 0 Å². The summed E-state index contributed by atoms with van der Waals surface area (Å²) >= 11 is 5.72. The van der Waals surface area contributed by atoms with Gasteiger partial charge in [0.2, 0.25) is 5.28 Å². The molecule has 1 aliphatic carbocycles. The van der Waals surface area contributed by atoms with Crippen molar-refractivity contribution in [2.24, 2.45) is 5.92 Å². The van der Waals surface area contributed by atoms with E-state index in [4.69, 9.17) is 11.6 Å². The van der Waals surface area contributed by atoms with Crippen LogP contribution in [0.4, 0.5) is 5.82 Å². The minimum absolute atomic E-state index is 0.216. The van der Waals surface area contributed by atoms with Crippen LogP contribution in [0.25, 0.3) is 0 Å². The van der Waals surface area contributed by atoms with Gasteiger partial charge in [-0.05, 0) is 30.4 Å². The minimum atomic E-state index is 0.216. The fourth-order valence-corrected chi connectivity index (χ4v) is 2.44. The molecule has 0 N–H and O–H groups in total. The van der Waals surface area contributed by atoms with Gasteiger partial charge in [-0.2, -0.15) is 10.1 Å². The molecule has 5 heteroatoms. The van der Waals surface area contributed by atoms with Gasteiger partial charge in [0.25, 0.3) is 0 Å². The molecule has 88 valence electrons. The third-order valence-electron chi connectivity index (χ3n) is 3.17. The number of anilines is 1. The highest BCUT2D eigenvalue weighted by Crippen LogP contribution is 2.25. The zero-order chi connectivity index (χ0) is 11.4. The molecule has 0 spiro atoms. The Morgan fingerprint density at radius 3 is 2.81 bits per heavy atom. The fourth-order valence-electron chi connectivity index (χ4n) is 2.31. The highest BCUT2D eigenvalue weighted by atomic mass is 35.5. The lowest BCUT2D eigenvalue weighted by molar-refractivity contribution is 0.361. The quantitative estimate of drug-likeness (QED) is 0.814. The number of hydrogen-bond donors (Lipinski definition) is 0. The maximum Gasteiger partial charge on any atom is 0.244 e. The van der Waals surface area contributed by atoms with Crippen LogP contribution in [0.2, 0.25) is 5.28 Å². The molecule has 0 saturated heterocycles. The van der Waals surface area contributed by atoms with Crippen LogP contribution in [0, 0.1) is 5.92 Å². The van der Waals surface area contributed by atoms with Crippen LogP contribution in [0.3, 0.4) is 0 Å². The molecule has 1 aromatic heterocycles. The molecule has 0 radical (unpaired) electrons. The average Bonchev–Trinajstić information content (AvgIpc) is 2.30. The number of rotatable bonds is 3. The Bertz CT molecular complexity index is 339. The van der Waals surface area contributed by atoms with Crippen LogP contribution in [0.1, 0.15) is 32.1 Å².